The third-order valence-corrected chi connectivity index (χ3v) is 4.03. The van der Waals surface area contributed by atoms with E-state index >= 15 is 0 Å². The normalized spacial score (nSPS) is 15.4. The number of rotatable bonds is 2. The number of nitrogens with zero attached hydrogens (tertiary/aromatic N) is 4. The quantitative estimate of drug-likeness (QED) is 0.850. The van der Waals surface area contributed by atoms with E-state index in [1.54, 1.807) is 17.9 Å². The first kappa shape index (κ1) is 15.2. The van der Waals surface area contributed by atoms with Crippen LogP contribution in [0, 0.1) is 24.1 Å². The number of piperidine rings is 1. The molecule has 0 unspecified atom stereocenters. The van der Waals surface area contributed by atoms with Crippen molar-refractivity contribution in [3.63, 3.8) is 0 Å². The zero-order valence-electron chi connectivity index (χ0n) is 12.6. The monoisotopic (exact) mass is 314 g/mol. The van der Waals surface area contributed by atoms with Crippen LogP contribution in [0.4, 0.5) is 4.39 Å². The van der Waals surface area contributed by atoms with Crippen LogP contribution in [0.15, 0.2) is 22.6 Å². The Morgan fingerprint density at radius 3 is 2.74 bits per heavy atom. The average molecular weight is 314 g/mol. The largest absolute Gasteiger partial charge is 0.425 e. The molecule has 3 rings (SSSR count). The number of amides is 1. The van der Waals surface area contributed by atoms with Crippen LogP contribution < -0.4 is 0 Å². The van der Waals surface area contributed by atoms with E-state index < -0.39 is 5.82 Å². The highest BCUT2D eigenvalue weighted by molar-refractivity contribution is 5.96. The summed E-state index contributed by atoms with van der Waals surface area (Å²) < 4.78 is 19.1. The lowest BCUT2D eigenvalue weighted by atomic mass is 9.96. The molecule has 7 heteroatoms. The molecule has 0 aliphatic carbocycles. The van der Waals surface area contributed by atoms with Gasteiger partial charge in [0.25, 0.3) is 5.91 Å². The van der Waals surface area contributed by atoms with Crippen molar-refractivity contribution in [1.82, 2.24) is 15.1 Å². The van der Waals surface area contributed by atoms with Crippen LogP contribution in [0.3, 0.4) is 0 Å². The fourth-order valence-corrected chi connectivity index (χ4v) is 2.79. The Labute approximate surface area is 132 Å². The zero-order valence-corrected chi connectivity index (χ0v) is 12.6. The van der Waals surface area contributed by atoms with E-state index in [9.17, 15) is 9.18 Å². The van der Waals surface area contributed by atoms with Gasteiger partial charge in [0.05, 0.1) is 5.56 Å². The molecule has 118 valence electrons. The summed E-state index contributed by atoms with van der Waals surface area (Å²) in [6.07, 6.45) is 1.40. The first-order chi connectivity index (χ1) is 11.1. The van der Waals surface area contributed by atoms with Crippen LogP contribution in [0.5, 0.6) is 0 Å². The summed E-state index contributed by atoms with van der Waals surface area (Å²) in [7, 11) is 0. The molecule has 1 aromatic heterocycles. The standard InChI is InChI=1S/C16H15FN4O2/c1-10-19-20-15(23-10)11-5-7-21(8-6-11)16(22)12-3-2-4-14(17)13(12)9-18/h2-4,11H,5-8H2,1H3. The Hall–Kier alpha value is -2.75. The molecule has 0 bridgehead atoms. The second-order valence-corrected chi connectivity index (χ2v) is 5.50. The molecule has 1 aliphatic rings. The fourth-order valence-electron chi connectivity index (χ4n) is 2.79. The predicted molar refractivity (Wildman–Crippen MR) is 78.0 cm³/mol. The number of aryl methyl sites for hydroxylation is 1. The van der Waals surface area contributed by atoms with Gasteiger partial charge < -0.3 is 9.32 Å². The average Bonchev–Trinajstić information content (AvgIpc) is 3.00. The van der Waals surface area contributed by atoms with Gasteiger partial charge >= 0.3 is 0 Å². The van der Waals surface area contributed by atoms with Gasteiger partial charge in [-0.15, -0.1) is 10.2 Å². The van der Waals surface area contributed by atoms with Crippen LogP contribution >= 0.6 is 0 Å². The first-order valence-corrected chi connectivity index (χ1v) is 7.38. The van der Waals surface area contributed by atoms with Crippen molar-refractivity contribution in [2.75, 3.05) is 13.1 Å². The summed E-state index contributed by atoms with van der Waals surface area (Å²) in [5, 5.41) is 16.9. The molecule has 1 aromatic carbocycles. The molecule has 1 amide bonds. The molecule has 0 atom stereocenters. The Balaban J connectivity index is 1.72. The Kier molecular flexibility index (Phi) is 4.06. The topological polar surface area (TPSA) is 83.0 Å². The van der Waals surface area contributed by atoms with Gasteiger partial charge in [-0.25, -0.2) is 4.39 Å². The van der Waals surface area contributed by atoms with Gasteiger partial charge in [0, 0.05) is 25.9 Å². The molecule has 6 nitrogen and oxygen atoms in total. The van der Waals surface area contributed by atoms with Crippen molar-refractivity contribution in [1.29, 1.82) is 5.26 Å². The highest BCUT2D eigenvalue weighted by atomic mass is 19.1. The molecule has 0 radical (unpaired) electrons. The third kappa shape index (κ3) is 2.93. The fraction of sp³-hybridized carbons (Fsp3) is 0.375. The molecule has 0 saturated carbocycles. The lowest BCUT2D eigenvalue weighted by Gasteiger charge is -2.30. The van der Waals surface area contributed by atoms with Gasteiger partial charge in [0.2, 0.25) is 11.8 Å². The highest BCUT2D eigenvalue weighted by Crippen LogP contribution is 2.28. The lowest BCUT2D eigenvalue weighted by Crippen LogP contribution is -2.38. The third-order valence-electron chi connectivity index (χ3n) is 4.03. The van der Waals surface area contributed by atoms with Gasteiger partial charge in [0.15, 0.2) is 0 Å². The Morgan fingerprint density at radius 1 is 1.39 bits per heavy atom. The van der Waals surface area contributed by atoms with Crippen molar-refractivity contribution in [2.45, 2.75) is 25.7 Å². The number of hydrogen-bond donors (Lipinski definition) is 0. The van der Waals surface area contributed by atoms with Crippen LogP contribution in [0.1, 0.15) is 46.5 Å². The minimum Gasteiger partial charge on any atom is -0.425 e. The maximum absolute atomic E-state index is 13.6. The van der Waals surface area contributed by atoms with E-state index in [1.807, 2.05) is 0 Å². The van der Waals surface area contributed by atoms with E-state index in [1.165, 1.54) is 18.2 Å². The summed E-state index contributed by atoms with van der Waals surface area (Å²) >= 11 is 0. The molecular formula is C16H15FN4O2. The number of halogens is 1. The van der Waals surface area contributed by atoms with Crippen molar-refractivity contribution in [2.24, 2.45) is 0 Å². The van der Waals surface area contributed by atoms with E-state index in [0.29, 0.717) is 37.7 Å². The first-order valence-electron chi connectivity index (χ1n) is 7.38. The highest BCUT2D eigenvalue weighted by Gasteiger charge is 2.29. The van der Waals surface area contributed by atoms with Crippen LogP contribution in [-0.2, 0) is 0 Å². The van der Waals surface area contributed by atoms with Gasteiger partial charge in [-0.3, -0.25) is 4.79 Å². The molecular weight excluding hydrogens is 299 g/mol. The van der Waals surface area contributed by atoms with E-state index in [2.05, 4.69) is 10.2 Å². The molecule has 1 fully saturated rings. The predicted octanol–water partition coefficient (Wildman–Crippen LogP) is 2.41. The number of carbonyl (C=O) groups is 1. The van der Waals surface area contributed by atoms with Gasteiger partial charge in [-0.1, -0.05) is 6.07 Å². The molecule has 23 heavy (non-hydrogen) atoms. The van der Waals surface area contributed by atoms with E-state index in [-0.39, 0.29) is 23.0 Å². The molecule has 2 aromatic rings. The summed E-state index contributed by atoms with van der Waals surface area (Å²) in [4.78, 5) is 14.2. The number of aromatic nitrogens is 2. The lowest BCUT2D eigenvalue weighted by molar-refractivity contribution is 0.0705. The maximum atomic E-state index is 13.6. The van der Waals surface area contributed by atoms with Crippen molar-refractivity contribution in [3.8, 4) is 6.07 Å². The van der Waals surface area contributed by atoms with Crippen LogP contribution in [-0.4, -0.2) is 34.1 Å². The summed E-state index contributed by atoms with van der Waals surface area (Å²) in [6.45, 7) is 2.75. The second-order valence-electron chi connectivity index (χ2n) is 5.50. The Morgan fingerprint density at radius 2 is 2.13 bits per heavy atom. The van der Waals surface area contributed by atoms with Gasteiger partial charge in [-0.05, 0) is 25.0 Å². The summed E-state index contributed by atoms with van der Waals surface area (Å²) in [6, 6.07) is 5.87. The van der Waals surface area contributed by atoms with Crippen molar-refractivity contribution in [3.05, 3.63) is 46.9 Å². The number of nitriles is 1. The molecule has 0 N–H and O–H groups in total. The van der Waals surface area contributed by atoms with Gasteiger partial charge in [0.1, 0.15) is 17.4 Å². The molecule has 0 spiro atoms. The Bertz CT molecular complexity index is 773. The molecule has 2 heterocycles. The van der Waals surface area contributed by atoms with Crippen molar-refractivity contribution >= 4 is 5.91 Å². The van der Waals surface area contributed by atoms with Crippen molar-refractivity contribution < 1.29 is 13.6 Å². The minimum atomic E-state index is -0.672. The molecule has 1 saturated heterocycles. The number of benzene rings is 1. The zero-order chi connectivity index (χ0) is 16.4. The number of likely N-dealkylation sites (tertiary alicyclic amines) is 1. The van der Waals surface area contributed by atoms with Crippen LogP contribution in [0.2, 0.25) is 0 Å². The number of hydrogen-bond acceptors (Lipinski definition) is 5. The maximum Gasteiger partial charge on any atom is 0.255 e. The number of carbonyl (C=O) groups excluding carboxylic acids is 1. The SMILES string of the molecule is Cc1nnc(C2CCN(C(=O)c3cccc(F)c3C#N)CC2)o1. The second kappa shape index (κ2) is 6.16. The smallest absolute Gasteiger partial charge is 0.255 e. The van der Waals surface area contributed by atoms with Gasteiger partial charge in [-0.2, -0.15) is 5.26 Å². The summed E-state index contributed by atoms with van der Waals surface area (Å²) in [5.41, 5.74) is -0.0910. The van der Waals surface area contributed by atoms with E-state index in [4.69, 9.17) is 9.68 Å². The van der Waals surface area contributed by atoms with E-state index in [0.717, 1.165) is 0 Å². The molecule has 1 aliphatic heterocycles. The summed E-state index contributed by atoms with van der Waals surface area (Å²) in [5.74, 6) is 0.258. The van der Waals surface area contributed by atoms with Crippen LogP contribution in [0.25, 0.3) is 0 Å². The minimum absolute atomic E-state index is 0.111.